The fraction of sp³-hybridized carbons (Fsp3) is 0.545. The minimum Gasteiger partial charge on any atom is -0.368 e. The van der Waals surface area contributed by atoms with Crippen LogP contribution in [0, 0.1) is 5.92 Å². The highest BCUT2D eigenvalue weighted by molar-refractivity contribution is 5.94. The second kappa shape index (κ2) is 6.15. The zero-order valence-electron chi connectivity index (χ0n) is 10.6. The molecule has 0 aliphatic rings. The summed E-state index contributed by atoms with van der Waals surface area (Å²) in [7, 11) is 0. The van der Waals surface area contributed by atoms with Crippen molar-refractivity contribution in [2.45, 2.75) is 32.9 Å². The normalized spacial score (nSPS) is 12.4. The fourth-order valence-corrected chi connectivity index (χ4v) is 1.52. The second-order valence-electron chi connectivity index (χ2n) is 4.62. The van der Waals surface area contributed by atoms with Crippen molar-refractivity contribution in [1.29, 1.82) is 0 Å². The topological polar surface area (TPSA) is 116 Å². The van der Waals surface area contributed by atoms with Gasteiger partial charge in [-0.1, -0.05) is 13.8 Å². The third kappa shape index (κ3) is 4.54. The minimum atomic E-state index is -0.551. The molecule has 18 heavy (non-hydrogen) atoms. The summed E-state index contributed by atoms with van der Waals surface area (Å²) in [4.78, 5) is 22.4. The van der Waals surface area contributed by atoms with Crippen molar-refractivity contribution >= 4 is 17.5 Å². The Morgan fingerprint density at radius 2 is 2.17 bits per heavy atom. The van der Waals surface area contributed by atoms with Gasteiger partial charge in [0.15, 0.2) is 0 Å². The Morgan fingerprint density at radius 1 is 1.50 bits per heavy atom. The minimum absolute atomic E-state index is 0.0199. The van der Waals surface area contributed by atoms with Gasteiger partial charge in [0.05, 0.1) is 17.9 Å². The highest BCUT2D eigenvalue weighted by Crippen LogP contribution is 2.08. The summed E-state index contributed by atoms with van der Waals surface area (Å²) in [6, 6.07) is -0.551. The van der Waals surface area contributed by atoms with Crippen LogP contribution in [-0.2, 0) is 16.1 Å². The molecule has 0 aliphatic heterocycles. The monoisotopic (exact) mass is 253 g/mol. The molecule has 0 saturated carbocycles. The lowest BCUT2D eigenvalue weighted by Crippen LogP contribution is -2.36. The van der Waals surface area contributed by atoms with Gasteiger partial charge >= 0.3 is 0 Å². The molecule has 1 atom stereocenters. The van der Waals surface area contributed by atoms with Crippen LogP contribution in [0.4, 0.5) is 5.69 Å². The van der Waals surface area contributed by atoms with E-state index < -0.39 is 11.9 Å². The summed E-state index contributed by atoms with van der Waals surface area (Å²) < 4.78 is 1.35. The molecular weight excluding hydrogens is 234 g/mol. The number of nitrogens with one attached hydrogen (secondary N) is 1. The first-order valence-corrected chi connectivity index (χ1v) is 5.75. The SMILES string of the molecule is CC(C)C[C@H](N)C(=O)Nc1cnn(CC(N)=O)c1. The number of amides is 2. The van der Waals surface area contributed by atoms with E-state index in [4.69, 9.17) is 11.5 Å². The van der Waals surface area contributed by atoms with Gasteiger partial charge in [0, 0.05) is 6.20 Å². The van der Waals surface area contributed by atoms with Crippen molar-refractivity contribution in [2.75, 3.05) is 5.32 Å². The summed E-state index contributed by atoms with van der Waals surface area (Å²) in [5.74, 6) is -0.404. The number of hydrogen-bond donors (Lipinski definition) is 3. The van der Waals surface area contributed by atoms with Crippen LogP contribution in [0.5, 0.6) is 0 Å². The highest BCUT2D eigenvalue weighted by atomic mass is 16.2. The molecule has 0 bridgehead atoms. The molecule has 0 unspecified atom stereocenters. The average molecular weight is 253 g/mol. The molecule has 0 saturated heterocycles. The second-order valence-corrected chi connectivity index (χ2v) is 4.62. The summed E-state index contributed by atoms with van der Waals surface area (Å²) in [5.41, 5.74) is 11.3. The Labute approximate surface area is 106 Å². The van der Waals surface area contributed by atoms with Crippen LogP contribution in [0.2, 0.25) is 0 Å². The van der Waals surface area contributed by atoms with Gasteiger partial charge in [0.1, 0.15) is 6.54 Å². The van der Waals surface area contributed by atoms with Crippen molar-refractivity contribution in [2.24, 2.45) is 17.4 Å². The lowest BCUT2D eigenvalue weighted by Gasteiger charge is -2.12. The van der Waals surface area contributed by atoms with E-state index in [9.17, 15) is 9.59 Å². The Morgan fingerprint density at radius 3 is 2.72 bits per heavy atom. The molecule has 1 aromatic heterocycles. The molecule has 5 N–H and O–H groups in total. The lowest BCUT2D eigenvalue weighted by molar-refractivity contribution is -0.119. The van der Waals surface area contributed by atoms with E-state index in [-0.39, 0.29) is 12.5 Å². The molecule has 2 amide bonds. The lowest BCUT2D eigenvalue weighted by atomic mass is 10.0. The van der Waals surface area contributed by atoms with Crippen molar-refractivity contribution in [1.82, 2.24) is 9.78 Å². The Hall–Kier alpha value is -1.89. The summed E-state index contributed by atoms with van der Waals surface area (Å²) >= 11 is 0. The predicted molar refractivity (Wildman–Crippen MR) is 67.5 cm³/mol. The Balaban J connectivity index is 2.54. The first-order valence-electron chi connectivity index (χ1n) is 5.75. The van der Waals surface area contributed by atoms with E-state index in [0.29, 0.717) is 18.0 Å². The number of rotatable bonds is 6. The van der Waals surface area contributed by atoms with Gasteiger partial charge in [0.25, 0.3) is 0 Å². The number of carbonyl (C=O) groups excluding carboxylic acids is 2. The molecule has 0 aromatic carbocycles. The van der Waals surface area contributed by atoms with Crippen molar-refractivity contribution in [3.63, 3.8) is 0 Å². The van der Waals surface area contributed by atoms with E-state index in [2.05, 4.69) is 10.4 Å². The van der Waals surface area contributed by atoms with Crippen molar-refractivity contribution in [3.8, 4) is 0 Å². The molecule has 0 fully saturated rings. The molecule has 0 radical (unpaired) electrons. The average Bonchev–Trinajstić information content (AvgIpc) is 2.63. The predicted octanol–water partition coefficient (Wildman–Crippen LogP) is -0.320. The van der Waals surface area contributed by atoms with E-state index in [1.54, 1.807) is 0 Å². The van der Waals surface area contributed by atoms with Crippen LogP contribution in [0.3, 0.4) is 0 Å². The van der Waals surface area contributed by atoms with Crippen LogP contribution in [0.15, 0.2) is 12.4 Å². The molecule has 1 heterocycles. The maximum atomic E-state index is 11.7. The fourth-order valence-electron chi connectivity index (χ4n) is 1.52. The van der Waals surface area contributed by atoms with Crippen LogP contribution in [0.1, 0.15) is 20.3 Å². The van der Waals surface area contributed by atoms with Crippen LogP contribution < -0.4 is 16.8 Å². The van der Waals surface area contributed by atoms with E-state index in [1.165, 1.54) is 17.1 Å². The maximum Gasteiger partial charge on any atom is 0.241 e. The summed E-state index contributed by atoms with van der Waals surface area (Å²) in [6.45, 7) is 3.98. The number of hydrogen-bond acceptors (Lipinski definition) is 4. The van der Waals surface area contributed by atoms with Crippen LogP contribution in [-0.4, -0.2) is 27.6 Å². The van der Waals surface area contributed by atoms with E-state index >= 15 is 0 Å². The Kier molecular flexibility index (Phi) is 4.85. The standard InChI is InChI=1S/C11H19N5O2/c1-7(2)3-9(12)11(18)15-8-4-14-16(5-8)6-10(13)17/h4-5,7,9H,3,6,12H2,1-2H3,(H2,13,17)(H,15,18)/t9-/m0/s1. The molecule has 7 heteroatoms. The van der Waals surface area contributed by atoms with Gasteiger partial charge in [-0.3, -0.25) is 14.3 Å². The van der Waals surface area contributed by atoms with Gasteiger partial charge in [-0.2, -0.15) is 5.10 Å². The van der Waals surface area contributed by atoms with Gasteiger partial charge in [-0.25, -0.2) is 0 Å². The number of nitrogens with two attached hydrogens (primary N) is 2. The molecule has 0 spiro atoms. The molecule has 1 rings (SSSR count). The third-order valence-corrected chi connectivity index (χ3v) is 2.28. The molecule has 7 nitrogen and oxygen atoms in total. The number of nitrogens with zero attached hydrogens (tertiary/aromatic N) is 2. The summed E-state index contributed by atoms with van der Waals surface area (Å²) in [6.07, 6.45) is 3.59. The first-order chi connectivity index (χ1) is 8.38. The zero-order chi connectivity index (χ0) is 13.7. The third-order valence-electron chi connectivity index (χ3n) is 2.28. The molecule has 1 aromatic rings. The smallest absolute Gasteiger partial charge is 0.241 e. The number of aromatic nitrogens is 2. The zero-order valence-corrected chi connectivity index (χ0v) is 10.6. The highest BCUT2D eigenvalue weighted by Gasteiger charge is 2.15. The van der Waals surface area contributed by atoms with E-state index in [0.717, 1.165) is 0 Å². The van der Waals surface area contributed by atoms with Crippen molar-refractivity contribution < 1.29 is 9.59 Å². The van der Waals surface area contributed by atoms with Crippen molar-refractivity contribution in [3.05, 3.63) is 12.4 Å². The number of carbonyl (C=O) groups is 2. The quantitative estimate of drug-likeness (QED) is 0.644. The van der Waals surface area contributed by atoms with Gasteiger partial charge < -0.3 is 16.8 Å². The Bertz CT molecular complexity index is 427. The molecule has 100 valence electrons. The maximum absolute atomic E-state index is 11.7. The van der Waals surface area contributed by atoms with Gasteiger partial charge in [-0.05, 0) is 12.3 Å². The molecule has 0 aliphatic carbocycles. The first kappa shape index (κ1) is 14.2. The van der Waals surface area contributed by atoms with Crippen LogP contribution >= 0.6 is 0 Å². The van der Waals surface area contributed by atoms with Gasteiger partial charge in [-0.15, -0.1) is 0 Å². The van der Waals surface area contributed by atoms with E-state index in [1.807, 2.05) is 13.8 Å². The molecular formula is C11H19N5O2. The number of primary amides is 1. The largest absolute Gasteiger partial charge is 0.368 e. The number of anilines is 1. The summed E-state index contributed by atoms with van der Waals surface area (Å²) in [5, 5.41) is 6.53. The van der Waals surface area contributed by atoms with Crippen LogP contribution in [0.25, 0.3) is 0 Å². The van der Waals surface area contributed by atoms with Gasteiger partial charge in [0.2, 0.25) is 11.8 Å².